The molecule has 0 unspecified atom stereocenters. The van der Waals surface area contributed by atoms with Gasteiger partial charge in [0.05, 0.1) is 5.56 Å². The Morgan fingerprint density at radius 2 is 1.85 bits per heavy atom. The summed E-state index contributed by atoms with van der Waals surface area (Å²) in [6, 6.07) is 7.06. The molecule has 0 aliphatic rings. The van der Waals surface area contributed by atoms with Gasteiger partial charge >= 0.3 is 6.18 Å². The Kier molecular flexibility index (Phi) is 3.52. The van der Waals surface area contributed by atoms with E-state index in [1.165, 1.54) is 30.1 Å². The molecule has 20 heavy (non-hydrogen) atoms. The molecule has 0 amide bonds. The number of nitrogen functional groups attached to an aromatic ring is 1. The zero-order valence-electron chi connectivity index (χ0n) is 10.4. The smallest absolute Gasteiger partial charge is 0.384 e. The number of pyridine rings is 1. The van der Waals surface area contributed by atoms with E-state index in [-0.39, 0.29) is 11.6 Å². The molecule has 0 saturated carbocycles. The lowest BCUT2D eigenvalue weighted by molar-refractivity contribution is -0.137. The second kappa shape index (κ2) is 4.99. The van der Waals surface area contributed by atoms with Crippen LogP contribution in [0, 0.1) is 5.82 Å². The Morgan fingerprint density at radius 3 is 2.45 bits per heavy atom. The molecular formula is C13H11F4N3. The van der Waals surface area contributed by atoms with Gasteiger partial charge in [-0.25, -0.2) is 9.37 Å². The van der Waals surface area contributed by atoms with E-state index in [4.69, 9.17) is 5.73 Å². The van der Waals surface area contributed by atoms with E-state index in [9.17, 15) is 17.6 Å². The summed E-state index contributed by atoms with van der Waals surface area (Å²) < 4.78 is 51.3. The number of anilines is 3. The molecular weight excluding hydrogens is 274 g/mol. The first kappa shape index (κ1) is 14.1. The van der Waals surface area contributed by atoms with Crippen LogP contribution in [0.5, 0.6) is 0 Å². The molecule has 106 valence electrons. The SMILES string of the molecule is CN(c1cccc(F)c1)c1cc(C(F)(F)F)cc(N)n1. The van der Waals surface area contributed by atoms with Crippen molar-refractivity contribution in [2.45, 2.75) is 6.18 Å². The average Bonchev–Trinajstić information content (AvgIpc) is 2.36. The maximum Gasteiger partial charge on any atom is 0.416 e. The van der Waals surface area contributed by atoms with E-state index in [0.717, 1.165) is 12.1 Å². The summed E-state index contributed by atoms with van der Waals surface area (Å²) in [6.07, 6.45) is -4.52. The van der Waals surface area contributed by atoms with Gasteiger partial charge in [0.1, 0.15) is 17.5 Å². The van der Waals surface area contributed by atoms with Crippen LogP contribution in [0.2, 0.25) is 0 Å². The fourth-order valence-corrected chi connectivity index (χ4v) is 1.69. The molecule has 2 rings (SSSR count). The molecule has 0 radical (unpaired) electrons. The van der Waals surface area contributed by atoms with Gasteiger partial charge in [-0.05, 0) is 30.3 Å². The van der Waals surface area contributed by atoms with E-state index in [2.05, 4.69) is 4.98 Å². The third-order valence-electron chi connectivity index (χ3n) is 2.70. The van der Waals surface area contributed by atoms with Crippen molar-refractivity contribution in [3.8, 4) is 0 Å². The van der Waals surface area contributed by atoms with Gasteiger partial charge in [0, 0.05) is 12.7 Å². The number of hydrogen-bond acceptors (Lipinski definition) is 3. The van der Waals surface area contributed by atoms with Crippen molar-refractivity contribution in [1.82, 2.24) is 4.98 Å². The molecule has 0 aliphatic carbocycles. The van der Waals surface area contributed by atoms with Crippen molar-refractivity contribution < 1.29 is 17.6 Å². The third-order valence-corrected chi connectivity index (χ3v) is 2.70. The first-order valence-corrected chi connectivity index (χ1v) is 5.61. The van der Waals surface area contributed by atoms with Gasteiger partial charge in [0.2, 0.25) is 0 Å². The molecule has 0 spiro atoms. The van der Waals surface area contributed by atoms with E-state index in [1.807, 2.05) is 0 Å². The average molecular weight is 285 g/mol. The topological polar surface area (TPSA) is 42.1 Å². The largest absolute Gasteiger partial charge is 0.416 e. The second-order valence-electron chi connectivity index (χ2n) is 4.18. The molecule has 1 heterocycles. The lowest BCUT2D eigenvalue weighted by atomic mass is 10.2. The zero-order chi connectivity index (χ0) is 14.9. The Bertz CT molecular complexity index is 625. The van der Waals surface area contributed by atoms with Gasteiger partial charge in [-0.2, -0.15) is 13.2 Å². The third kappa shape index (κ3) is 2.98. The van der Waals surface area contributed by atoms with Crippen molar-refractivity contribution >= 4 is 17.3 Å². The maximum absolute atomic E-state index is 13.1. The molecule has 0 bridgehead atoms. The van der Waals surface area contributed by atoms with Gasteiger partial charge in [-0.1, -0.05) is 6.07 Å². The van der Waals surface area contributed by atoms with Crippen molar-refractivity contribution in [2.24, 2.45) is 0 Å². The van der Waals surface area contributed by atoms with E-state index in [1.54, 1.807) is 6.07 Å². The van der Waals surface area contributed by atoms with Gasteiger partial charge in [-0.15, -0.1) is 0 Å². The Balaban J connectivity index is 2.45. The number of benzene rings is 1. The van der Waals surface area contributed by atoms with Crippen molar-refractivity contribution in [1.29, 1.82) is 0 Å². The van der Waals surface area contributed by atoms with Gasteiger partial charge < -0.3 is 10.6 Å². The van der Waals surface area contributed by atoms with E-state index >= 15 is 0 Å². The zero-order valence-corrected chi connectivity index (χ0v) is 10.4. The highest BCUT2D eigenvalue weighted by molar-refractivity contribution is 5.61. The number of alkyl halides is 3. The van der Waals surface area contributed by atoms with Crippen LogP contribution in [0.15, 0.2) is 36.4 Å². The normalized spacial score (nSPS) is 11.4. The van der Waals surface area contributed by atoms with Crippen LogP contribution < -0.4 is 10.6 Å². The number of halogens is 4. The van der Waals surface area contributed by atoms with Crippen LogP contribution in [0.3, 0.4) is 0 Å². The van der Waals surface area contributed by atoms with E-state index < -0.39 is 17.6 Å². The quantitative estimate of drug-likeness (QED) is 0.857. The Labute approximate surface area is 112 Å². The molecule has 1 aromatic heterocycles. The Hall–Kier alpha value is -2.31. The summed E-state index contributed by atoms with van der Waals surface area (Å²) in [5.74, 6) is -0.754. The van der Waals surface area contributed by atoms with Gasteiger partial charge in [0.25, 0.3) is 0 Å². The van der Waals surface area contributed by atoms with Crippen LogP contribution in [-0.2, 0) is 6.18 Å². The lowest BCUT2D eigenvalue weighted by Gasteiger charge is -2.20. The van der Waals surface area contributed by atoms with Crippen molar-refractivity contribution in [3.63, 3.8) is 0 Å². The molecule has 7 heteroatoms. The summed E-state index contributed by atoms with van der Waals surface area (Å²) in [5, 5.41) is 0. The summed E-state index contributed by atoms with van der Waals surface area (Å²) in [4.78, 5) is 5.16. The summed E-state index contributed by atoms with van der Waals surface area (Å²) in [6.45, 7) is 0. The monoisotopic (exact) mass is 285 g/mol. The number of aromatic nitrogens is 1. The first-order chi connectivity index (χ1) is 9.27. The summed E-state index contributed by atoms with van der Waals surface area (Å²) in [7, 11) is 1.48. The van der Waals surface area contributed by atoms with Crippen LogP contribution in [0.4, 0.5) is 34.9 Å². The minimum atomic E-state index is -4.52. The van der Waals surface area contributed by atoms with Crippen LogP contribution in [0.1, 0.15) is 5.56 Å². The maximum atomic E-state index is 13.1. The minimum Gasteiger partial charge on any atom is -0.384 e. The summed E-state index contributed by atoms with van der Waals surface area (Å²) in [5.41, 5.74) is 4.86. The molecule has 0 aliphatic heterocycles. The number of rotatable bonds is 2. The predicted octanol–water partition coefficient (Wildman–Crippen LogP) is 3.59. The highest BCUT2D eigenvalue weighted by Gasteiger charge is 2.31. The Morgan fingerprint density at radius 1 is 1.15 bits per heavy atom. The van der Waals surface area contributed by atoms with E-state index in [0.29, 0.717) is 5.69 Å². The minimum absolute atomic E-state index is 0.0112. The van der Waals surface area contributed by atoms with Crippen LogP contribution in [-0.4, -0.2) is 12.0 Å². The van der Waals surface area contributed by atoms with Crippen LogP contribution >= 0.6 is 0 Å². The predicted molar refractivity (Wildman–Crippen MR) is 68.1 cm³/mol. The molecule has 3 nitrogen and oxygen atoms in total. The number of hydrogen-bond donors (Lipinski definition) is 1. The molecule has 2 N–H and O–H groups in total. The standard InChI is InChI=1S/C13H11F4N3/c1-20(10-4-2-3-9(14)7-10)12-6-8(13(15,16)17)5-11(18)19-12/h2-7H,1H3,(H2,18,19). The number of nitrogens with zero attached hydrogens (tertiary/aromatic N) is 2. The summed E-state index contributed by atoms with van der Waals surface area (Å²) >= 11 is 0. The van der Waals surface area contributed by atoms with Gasteiger partial charge in [-0.3, -0.25) is 0 Å². The second-order valence-corrected chi connectivity index (χ2v) is 4.18. The van der Waals surface area contributed by atoms with Gasteiger partial charge in [0.15, 0.2) is 0 Å². The molecule has 0 saturated heterocycles. The molecule has 0 fully saturated rings. The fraction of sp³-hybridized carbons (Fsp3) is 0.154. The highest BCUT2D eigenvalue weighted by atomic mass is 19.4. The lowest BCUT2D eigenvalue weighted by Crippen LogP contribution is -2.15. The molecule has 1 aromatic carbocycles. The van der Waals surface area contributed by atoms with Crippen molar-refractivity contribution in [2.75, 3.05) is 17.7 Å². The molecule has 2 aromatic rings. The highest BCUT2D eigenvalue weighted by Crippen LogP contribution is 2.33. The number of nitrogens with two attached hydrogens (primary N) is 1. The first-order valence-electron chi connectivity index (χ1n) is 5.61. The van der Waals surface area contributed by atoms with Crippen LogP contribution in [0.25, 0.3) is 0 Å². The van der Waals surface area contributed by atoms with Crippen molar-refractivity contribution in [3.05, 3.63) is 47.8 Å². The molecule has 0 atom stereocenters. The fourth-order valence-electron chi connectivity index (χ4n) is 1.69.